The Balaban J connectivity index is 2.34. The van der Waals surface area contributed by atoms with Gasteiger partial charge in [-0.2, -0.15) is 0 Å². The third kappa shape index (κ3) is 2.70. The molecule has 0 aliphatic heterocycles. The van der Waals surface area contributed by atoms with Crippen LogP contribution < -0.4 is 5.73 Å². The van der Waals surface area contributed by atoms with E-state index in [0.29, 0.717) is 0 Å². The van der Waals surface area contributed by atoms with Crippen molar-refractivity contribution in [2.75, 3.05) is 0 Å². The van der Waals surface area contributed by atoms with Crippen LogP contribution in [0.15, 0.2) is 23.0 Å². The summed E-state index contributed by atoms with van der Waals surface area (Å²) >= 11 is 0. The normalized spacial score (nSPS) is 13.7. The van der Waals surface area contributed by atoms with Gasteiger partial charge in [-0.1, -0.05) is 13.8 Å². The number of hydrogen-bond acceptors (Lipinski definition) is 2. The molecule has 0 saturated carbocycles. The first-order valence-corrected chi connectivity index (χ1v) is 4.48. The van der Waals surface area contributed by atoms with Gasteiger partial charge < -0.3 is 10.2 Å². The van der Waals surface area contributed by atoms with E-state index in [2.05, 4.69) is 13.8 Å². The van der Waals surface area contributed by atoms with Crippen LogP contribution in [0.25, 0.3) is 0 Å². The van der Waals surface area contributed by atoms with Gasteiger partial charge in [-0.25, -0.2) is 0 Å². The zero-order chi connectivity index (χ0) is 8.97. The molecule has 2 heteroatoms. The zero-order valence-electron chi connectivity index (χ0n) is 7.79. The van der Waals surface area contributed by atoms with E-state index in [1.807, 2.05) is 6.07 Å². The Labute approximate surface area is 73.8 Å². The molecule has 0 radical (unpaired) electrons. The molecular formula is C10H17NO. The van der Waals surface area contributed by atoms with Gasteiger partial charge in [0.1, 0.15) is 0 Å². The fourth-order valence-electron chi connectivity index (χ4n) is 1.17. The minimum atomic E-state index is 0.145. The molecule has 2 nitrogen and oxygen atoms in total. The Hall–Kier alpha value is -0.760. The monoisotopic (exact) mass is 167 g/mol. The van der Waals surface area contributed by atoms with Crippen molar-refractivity contribution in [2.45, 2.75) is 32.7 Å². The molecule has 2 N–H and O–H groups in total. The SMILES string of the molecule is CC(C)CC[C@H](N)c1ccoc1. The third-order valence-corrected chi connectivity index (χ3v) is 2.03. The first-order chi connectivity index (χ1) is 5.70. The fraction of sp³-hybridized carbons (Fsp3) is 0.600. The summed E-state index contributed by atoms with van der Waals surface area (Å²) in [4.78, 5) is 0. The molecule has 0 aliphatic carbocycles. The Kier molecular flexibility index (Phi) is 3.35. The maximum Gasteiger partial charge on any atom is 0.0950 e. The molecule has 0 saturated heterocycles. The van der Waals surface area contributed by atoms with Crippen molar-refractivity contribution in [1.82, 2.24) is 0 Å². The molecule has 0 amide bonds. The van der Waals surface area contributed by atoms with Gasteiger partial charge in [0.2, 0.25) is 0 Å². The van der Waals surface area contributed by atoms with E-state index >= 15 is 0 Å². The second-order valence-electron chi connectivity index (χ2n) is 3.63. The minimum Gasteiger partial charge on any atom is -0.472 e. The Morgan fingerprint density at radius 2 is 2.17 bits per heavy atom. The highest BCUT2D eigenvalue weighted by atomic mass is 16.3. The number of hydrogen-bond donors (Lipinski definition) is 1. The molecule has 68 valence electrons. The first-order valence-electron chi connectivity index (χ1n) is 4.48. The Morgan fingerprint density at radius 1 is 1.42 bits per heavy atom. The summed E-state index contributed by atoms with van der Waals surface area (Å²) in [5.41, 5.74) is 7.03. The summed E-state index contributed by atoms with van der Waals surface area (Å²) in [7, 11) is 0. The van der Waals surface area contributed by atoms with E-state index in [9.17, 15) is 0 Å². The highest BCUT2D eigenvalue weighted by Gasteiger charge is 2.07. The van der Waals surface area contributed by atoms with Crippen molar-refractivity contribution >= 4 is 0 Å². The lowest BCUT2D eigenvalue weighted by molar-refractivity contribution is 0.500. The van der Waals surface area contributed by atoms with Gasteiger partial charge in [0.15, 0.2) is 0 Å². The molecule has 1 aromatic rings. The van der Waals surface area contributed by atoms with Gasteiger partial charge in [0.25, 0.3) is 0 Å². The number of furan rings is 1. The van der Waals surface area contributed by atoms with E-state index < -0.39 is 0 Å². The van der Waals surface area contributed by atoms with Crippen molar-refractivity contribution in [3.8, 4) is 0 Å². The van der Waals surface area contributed by atoms with Crippen molar-refractivity contribution in [1.29, 1.82) is 0 Å². The molecule has 0 unspecified atom stereocenters. The van der Waals surface area contributed by atoms with Gasteiger partial charge in [0, 0.05) is 11.6 Å². The van der Waals surface area contributed by atoms with Crippen LogP contribution in [0, 0.1) is 5.92 Å². The van der Waals surface area contributed by atoms with Gasteiger partial charge in [-0.05, 0) is 24.8 Å². The average Bonchev–Trinajstić information content (AvgIpc) is 2.51. The summed E-state index contributed by atoms with van der Waals surface area (Å²) in [5.74, 6) is 0.725. The molecule has 12 heavy (non-hydrogen) atoms. The summed E-state index contributed by atoms with van der Waals surface area (Å²) in [6.45, 7) is 4.42. The van der Waals surface area contributed by atoms with Crippen molar-refractivity contribution in [3.63, 3.8) is 0 Å². The van der Waals surface area contributed by atoms with Crippen LogP contribution in [0.1, 0.15) is 38.3 Å². The van der Waals surface area contributed by atoms with E-state index in [1.165, 1.54) is 6.42 Å². The smallest absolute Gasteiger partial charge is 0.0950 e. The van der Waals surface area contributed by atoms with E-state index in [-0.39, 0.29) is 6.04 Å². The van der Waals surface area contributed by atoms with Crippen LogP contribution in [0.3, 0.4) is 0 Å². The summed E-state index contributed by atoms with van der Waals surface area (Å²) in [6, 6.07) is 2.08. The topological polar surface area (TPSA) is 39.2 Å². The van der Waals surface area contributed by atoms with Crippen LogP contribution >= 0.6 is 0 Å². The van der Waals surface area contributed by atoms with Gasteiger partial charge >= 0.3 is 0 Å². The molecule has 1 heterocycles. The maximum absolute atomic E-state index is 5.93. The summed E-state index contributed by atoms with van der Waals surface area (Å²) < 4.78 is 4.96. The fourth-order valence-corrected chi connectivity index (χ4v) is 1.17. The summed E-state index contributed by atoms with van der Waals surface area (Å²) in [5, 5.41) is 0. The molecule has 0 fully saturated rings. The van der Waals surface area contributed by atoms with E-state index in [0.717, 1.165) is 17.9 Å². The van der Waals surface area contributed by atoms with Crippen molar-refractivity contribution < 1.29 is 4.42 Å². The highest BCUT2D eigenvalue weighted by Crippen LogP contribution is 2.18. The Morgan fingerprint density at radius 3 is 2.67 bits per heavy atom. The van der Waals surface area contributed by atoms with Gasteiger partial charge in [-0.3, -0.25) is 0 Å². The third-order valence-electron chi connectivity index (χ3n) is 2.03. The predicted molar refractivity (Wildman–Crippen MR) is 49.7 cm³/mol. The average molecular weight is 167 g/mol. The Bertz CT molecular complexity index is 204. The molecule has 1 atom stereocenters. The van der Waals surface area contributed by atoms with Crippen LogP contribution in [-0.4, -0.2) is 0 Å². The van der Waals surface area contributed by atoms with Crippen LogP contribution in [-0.2, 0) is 0 Å². The minimum absolute atomic E-state index is 0.145. The molecule has 0 aromatic carbocycles. The largest absolute Gasteiger partial charge is 0.472 e. The second kappa shape index (κ2) is 4.31. The van der Waals surface area contributed by atoms with E-state index in [1.54, 1.807) is 12.5 Å². The molecule has 0 bridgehead atoms. The maximum atomic E-state index is 5.93. The van der Waals surface area contributed by atoms with Crippen molar-refractivity contribution in [2.24, 2.45) is 11.7 Å². The zero-order valence-corrected chi connectivity index (χ0v) is 7.79. The molecule has 1 aromatic heterocycles. The van der Waals surface area contributed by atoms with Crippen LogP contribution in [0.4, 0.5) is 0 Å². The molecular weight excluding hydrogens is 150 g/mol. The summed E-state index contributed by atoms with van der Waals surface area (Å²) in [6.07, 6.45) is 5.61. The highest BCUT2D eigenvalue weighted by molar-refractivity contribution is 5.10. The van der Waals surface area contributed by atoms with Crippen LogP contribution in [0.5, 0.6) is 0 Å². The van der Waals surface area contributed by atoms with Crippen LogP contribution in [0.2, 0.25) is 0 Å². The first kappa shape index (κ1) is 9.33. The van der Waals surface area contributed by atoms with Gasteiger partial charge in [0.05, 0.1) is 12.5 Å². The quantitative estimate of drug-likeness (QED) is 0.748. The van der Waals surface area contributed by atoms with E-state index in [4.69, 9.17) is 10.2 Å². The molecule has 0 spiro atoms. The predicted octanol–water partition coefficient (Wildman–Crippen LogP) is 2.72. The lowest BCUT2D eigenvalue weighted by Gasteiger charge is -2.10. The van der Waals surface area contributed by atoms with Crippen molar-refractivity contribution in [3.05, 3.63) is 24.2 Å². The standard InChI is InChI=1S/C10H17NO/c1-8(2)3-4-10(11)9-5-6-12-7-9/h5-8,10H,3-4,11H2,1-2H3/t10-/m0/s1. The lowest BCUT2D eigenvalue weighted by Crippen LogP contribution is -2.10. The van der Waals surface area contributed by atoms with Gasteiger partial charge in [-0.15, -0.1) is 0 Å². The number of nitrogens with two attached hydrogens (primary N) is 1. The molecule has 0 aliphatic rings. The lowest BCUT2D eigenvalue weighted by atomic mass is 10.0. The molecule has 1 rings (SSSR count). The number of rotatable bonds is 4. The second-order valence-corrected chi connectivity index (χ2v) is 3.63.